The van der Waals surface area contributed by atoms with Crippen molar-refractivity contribution in [3.63, 3.8) is 0 Å². The molecular formula is C20H26N2O5S2. The van der Waals surface area contributed by atoms with Gasteiger partial charge in [-0.3, -0.25) is 9.10 Å². The van der Waals surface area contributed by atoms with Gasteiger partial charge in [0.15, 0.2) is 11.5 Å². The highest BCUT2D eigenvalue weighted by atomic mass is 32.2. The Morgan fingerprint density at radius 1 is 1.07 bits per heavy atom. The molecule has 0 bridgehead atoms. The van der Waals surface area contributed by atoms with Crippen molar-refractivity contribution in [2.24, 2.45) is 0 Å². The maximum atomic E-state index is 12.3. The number of carbonyl (C=O) groups is 1. The Balaban J connectivity index is 1.92. The Bertz CT molecular complexity index is 904. The Labute approximate surface area is 176 Å². The van der Waals surface area contributed by atoms with Gasteiger partial charge in [0.2, 0.25) is 15.9 Å². The summed E-state index contributed by atoms with van der Waals surface area (Å²) in [5.74, 6) is 1.35. The third-order valence-electron chi connectivity index (χ3n) is 4.00. The molecule has 0 fully saturated rings. The molecule has 2 aromatic carbocycles. The molecule has 1 amide bonds. The molecule has 9 heteroatoms. The maximum Gasteiger partial charge on any atom is 0.240 e. The van der Waals surface area contributed by atoms with Crippen LogP contribution in [-0.2, 0) is 14.8 Å². The second-order valence-electron chi connectivity index (χ2n) is 6.17. The number of thioether (sulfide) groups is 1. The number of nitrogens with zero attached hydrogens (tertiary/aromatic N) is 1. The number of benzene rings is 2. The van der Waals surface area contributed by atoms with E-state index in [9.17, 15) is 13.2 Å². The molecule has 0 aliphatic heterocycles. The van der Waals surface area contributed by atoms with Crippen molar-refractivity contribution in [2.45, 2.75) is 11.3 Å². The highest BCUT2D eigenvalue weighted by Gasteiger charge is 2.22. The SMILES string of the molecule is COc1ccc(N(CC(=O)NCCCSc2ccccc2)S(C)(=O)=O)cc1OC. The molecule has 2 aromatic rings. The lowest BCUT2D eigenvalue weighted by Crippen LogP contribution is -2.40. The summed E-state index contributed by atoms with van der Waals surface area (Å²) < 4.78 is 35.9. The minimum atomic E-state index is -3.66. The fourth-order valence-electron chi connectivity index (χ4n) is 2.57. The zero-order valence-corrected chi connectivity index (χ0v) is 18.4. The molecule has 0 unspecified atom stereocenters. The number of ether oxygens (including phenoxy) is 2. The number of hydrogen-bond donors (Lipinski definition) is 1. The molecular weight excluding hydrogens is 412 g/mol. The summed E-state index contributed by atoms with van der Waals surface area (Å²) in [6.45, 7) is 0.169. The van der Waals surface area contributed by atoms with Crippen molar-refractivity contribution >= 4 is 33.4 Å². The monoisotopic (exact) mass is 438 g/mol. The topological polar surface area (TPSA) is 84.9 Å². The summed E-state index contributed by atoms with van der Waals surface area (Å²) in [6.07, 6.45) is 1.84. The first kappa shape index (κ1) is 22.9. The first-order chi connectivity index (χ1) is 13.8. The van der Waals surface area contributed by atoms with Gasteiger partial charge >= 0.3 is 0 Å². The molecule has 0 radical (unpaired) electrons. The van der Waals surface area contributed by atoms with Crippen LogP contribution in [0.25, 0.3) is 0 Å². The normalized spacial score (nSPS) is 11.0. The average Bonchev–Trinajstić information content (AvgIpc) is 2.71. The molecule has 0 atom stereocenters. The molecule has 0 spiro atoms. The fourth-order valence-corrected chi connectivity index (χ4v) is 4.30. The van der Waals surface area contributed by atoms with Crippen LogP contribution in [-0.4, -0.2) is 53.6 Å². The average molecular weight is 439 g/mol. The standard InChI is InChI=1S/C20H26N2O5S2/c1-26-18-11-10-16(14-19(18)27-2)22(29(3,24)25)15-20(23)21-12-7-13-28-17-8-5-4-6-9-17/h4-6,8-11,14H,7,12-13,15H2,1-3H3,(H,21,23). The summed E-state index contributed by atoms with van der Waals surface area (Å²) >= 11 is 1.71. The zero-order chi connectivity index (χ0) is 21.3. The Morgan fingerprint density at radius 2 is 1.76 bits per heavy atom. The number of anilines is 1. The van der Waals surface area contributed by atoms with Gasteiger partial charge < -0.3 is 14.8 Å². The molecule has 0 heterocycles. The molecule has 2 rings (SSSR count). The molecule has 0 aromatic heterocycles. The first-order valence-corrected chi connectivity index (χ1v) is 11.8. The molecule has 7 nitrogen and oxygen atoms in total. The second kappa shape index (κ2) is 11.0. The van der Waals surface area contributed by atoms with Crippen molar-refractivity contribution < 1.29 is 22.7 Å². The largest absolute Gasteiger partial charge is 0.493 e. The quantitative estimate of drug-likeness (QED) is 0.429. The highest BCUT2D eigenvalue weighted by Crippen LogP contribution is 2.32. The third-order valence-corrected chi connectivity index (χ3v) is 6.24. The lowest BCUT2D eigenvalue weighted by atomic mass is 10.2. The van der Waals surface area contributed by atoms with E-state index in [1.54, 1.807) is 23.9 Å². The Kier molecular flexibility index (Phi) is 8.66. The minimum absolute atomic E-state index is 0.305. The number of rotatable bonds is 11. The third kappa shape index (κ3) is 7.17. The van der Waals surface area contributed by atoms with Gasteiger partial charge in [0.25, 0.3) is 0 Å². The summed E-state index contributed by atoms with van der Waals surface area (Å²) in [5.41, 5.74) is 0.333. The van der Waals surface area contributed by atoms with Crippen molar-refractivity contribution in [1.82, 2.24) is 5.32 Å². The van der Waals surface area contributed by atoms with Crippen molar-refractivity contribution in [2.75, 3.05) is 43.6 Å². The van der Waals surface area contributed by atoms with Crippen LogP contribution in [0, 0.1) is 0 Å². The van der Waals surface area contributed by atoms with Crippen molar-refractivity contribution in [3.05, 3.63) is 48.5 Å². The number of nitrogens with one attached hydrogen (secondary N) is 1. The summed E-state index contributed by atoms with van der Waals surface area (Å²) in [7, 11) is -0.697. The van der Waals surface area contributed by atoms with Gasteiger partial charge in [0.05, 0.1) is 26.2 Å². The smallest absolute Gasteiger partial charge is 0.240 e. The van der Waals surface area contributed by atoms with Crippen LogP contribution >= 0.6 is 11.8 Å². The Morgan fingerprint density at radius 3 is 2.38 bits per heavy atom. The number of hydrogen-bond acceptors (Lipinski definition) is 6. The zero-order valence-electron chi connectivity index (χ0n) is 16.8. The van der Waals surface area contributed by atoms with Gasteiger partial charge in [-0.05, 0) is 36.4 Å². The van der Waals surface area contributed by atoms with E-state index in [4.69, 9.17) is 9.47 Å². The first-order valence-electron chi connectivity index (χ1n) is 8.99. The van der Waals surface area contributed by atoms with Crippen LogP contribution < -0.4 is 19.1 Å². The maximum absolute atomic E-state index is 12.3. The number of amides is 1. The van der Waals surface area contributed by atoms with Gasteiger partial charge in [-0.25, -0.2) is 8.42 Å². The van der Waals surface area contributed by atoms with Gasteiger partial charge in [-0.1, -0.05) is 18.2 Å². The summed E-state index contributed by atoms with van der Waals surface area (Å²) in [4.78, 5) is 13.5. The second-order valence-corrected chi connectivity index (χ2v) is 9.25. The highest BCUT2D eigenvalue weighted by molar-refractivity contribution is 7.99. The number of carbonyl (C=O) groups excluding carboxylic acids is 1. The van der Waals surface area contributed by atoms with E-state index in [1.165, 1.54) is 25.2 Å². The number of methoxy groups -OCH3 is 2. The molecule has 0 saturated heterocycles. The van der Waals surface area contributed by atoms with Crippen molar-refractivity contribution in [1.29, 1.82) is 0 Å². The molecule has 1 N–H and O–H groups in total. The predicted octanol–water partition coefficient (Wildman–Crippen LogP) is 2.77. The van der Waals surface area contributed by atoms with Crippen LogP contribution in [0.5, 0.6) is 11.5 Å². The summed E-state index contributed by atoms with van der Waals surface area (Å²) in [6, 6.07) is 14.7. The van der Waals surface area contributed by atoms with Crippen LogP contribution in [0.2, 0.25) is 0 Å². The van der Waals surface area contributed by atoms with Crippen molar-refractivity contribution in [3.8, 4) is 11.5 Å². The number of sulfonamides is 1. The van der Waals surface area contributed by atoms with E-state index in [0.29, 0.717) is 23.7 Å². The van der Waals surface area contributed by atoms with E-state index in [2.05, 4.69) is 5.32 Å². The predicted molar refractivity (Wildman–Crippen MR) is 117 cm³/mol. The Hall–Kier alpha value is -2.39. The minimum Gasteiger partial charge on any atom is -0.493 e. The van der Waals surface area contributed by atoms with E-state index in [0.717, 1.165) is 22.7 Å². The summed E-state index contributed by atoms with van der Waals surface area (Å²) in [5, 5.41) is 2.78. The van der Waals surface area contributed by atoms with Crippen LogP contribution in [0.3, 0.4) is 0 Å². The van der Waals surface area contributed by atoms with E-state index >= 15 is 0 Å². The fraction of sp³-hybridized carbons (Fsp3) is 0.350. The van der Waals surface area contributed by atoms with Crippen LogP contribution in [0.15, 0.2) is 53.4 Å². The molecule has 158 valence electrons. The lowest BCUT2D eigenvalue weighted by molar-refractivity contribution is -0.119. The molecule has 29 heavy (non-hydrogen) atoms. The molecule has 0 aliphatic carbocycles. The van der Waals surface area contributed by atoms with Gasteiger partial charge in [0.1, 0.15) is 6.54 Å². The lowest BCUT2D eigenvalue weighted by Gasteiger charge is -2.23. The van der Waals surface area contributed by atoms with Crippen LogP contribution in [0.4, 0.5) is 5.69 Å². The van der Waals surface area contributed by atoms with E-state index in [1.807, 2.05) is 30.3 Å². The van der Waals surface area contributed by atoms with Crippen LogP contribution in [0.1, 0.15) is 6.42 Å². The van der Waals surface area contributed by atoms with E-state index in [-0.39, 0.29) is 12.5 Å². The molecule has 0 aliphatic rings. The van der Waals surface area contributed by atoms with E-state index < -0.39 is 10.0 Å². The van der Waals surface area contributed by atoms with Gasteiger partial charge in [-0.15, -0.1) is 11.8 Å². The molecule has 0 saturated carbocycles. The van der Waals surface area contributed by atoms with Gasteiger partial charge in [-0.2, -0.15) is 0 Å². The van der Waals surface area contributed by atoms with Gasteiger partial charge in [0, 0.05) is 17.5 Å².